The Morgan fingerprint density at radius 3 is 2.62 bits per heavy atom. The lowest BCUT2D eigenvalue weighted by Gasteiger charge is -2.08. The number of allylic oxidation sites excluding steroid dienone is 2. The third-order valence-corrected chi connectivity index (χ3v) is 3.60. The predicted octanol–water partition coefficient (Wildman–Crippen LogP) is 4.14. The monoisotopic (exact) mass is 319 g/mol. The Morgan fingerprint density at radius 2 is 1.92 bits per heavy atom. The highest BCUT2D eigenvalue weighted by Crippen LogP contribution is 2.14. The van der Waals surface area contributed by atoms with Gasteiger partial charge in [0, 0.05) is 12.1 Å². The quantitative estimate of drug-likeness (QED) is 0.720. The topological polar surface area (TPSA) is 47.0 Å². The fourth-order valence-corrected chi connectivity index (χ4v) is 2.30. The highest BCUT2D eigenvalue weighted by molar-refractivity contribution is 5.95. The van der Waals surface area contributed by atoms with Crippen LogP contribution >= 0.6 is 0 Å². The summed E-state index contributed by atoms with van der Waals surface area (Å²) in [6.07, 6.45) is 9.03. The van der Waals surface area contributed by atoms with Crippen LogP contribution in [0.5, 0.6) is 0 Å². The maximum Gasteiger partial charge on any atom is 0.158 e. The molecule has 2 aromatic rings. The zero-order chi connectivity index (χ0) is 17.4. The van der Waals surface area contributed by atoms with E-state index in [1.165, 1.54) is 6.92 Å². The van der Waals surface area contributed by atoms with Gasteiger partial charge in [-0.15, -0.1) is 0 Å². The molecule has 1 aromatic carbocycles. The summed E-state index contributed by atoms with van der Waals surface area (Å²) in [7, 11) is 0. The maximum atomic E-state index is 12.2. The number of ketones is 2. The molecule has 1 heterocycles. The van der Waals surface area contributed by atoms with Crippen LogP contribution in [0.15, 0.2) is 60.8 Å². The van der Waals surface area contributed by atoms with Crippen molar-refractivity contribution in [3.63, 3.8) is 0 Å². The molecule has 2 rings (SSSR count). The number of nitrogens with zero attached hydrogens (tertiary/aromatic N) is 1. The first-order valence-electron chi connectivity index (χ1n) is 7.95. The van der Waals surface area contributed by atoms with Crippen LogP contribution in [0.1, 0.15) is 30.7 Å². The summed E-state index contributed by atoms with van der Waals surface area (Å²) in [6, 6.07) is 13.5. The van der Waals surface area contributed by atoms with Crippen LogP contribution in [0.25, 0.3) is 12.2 Å². The molecule has 1 aromatic heterocycles. The summed E-state index contributed by atoms with van der Waals surface area (Å²) in [5.41, 5.74) is 2.81. The van der Waals surface area contributed by atoms with E-state index < -0.39 is 0 Å². The van der Waals surface area contributed by atoms with Gasteiger partial charge >= 0.3 is 0 Å². The van der Waals surface area contributed by atoms with Gasteiger partial charge in [0.05, 0.1) is 5.69 Å². The van der Waals surface area contributed by atoms with E-state index in [0.29, 0.717) is 6.42 Å². The number of hydrogen-bond acceptors (Lipinski definition) is 3. The average Bonchev–Trinajstić information content (AvgIpc) is 2.59. The van der Waals surface area contributed by atoms with E-state index >= 15 is 0 Å². The molecule has 122 valence electrons. The molecule has 0 spiro atoms. The van der Waals surface area contributed by atoms with Crippen molar-refractivity contribution in [2.75, 3.05) is 0 Å². The molecule has 0 radical (unpaired) electrons. The maximum absolute atomic E-state index is 12.2. The number of carbonyl (C=O) groups excluding carboxylic acids is 2. The Kier molecular flexibility index (Phi) is 6.38. The molecule has 0 aliphatic carbocycles. The molecule has 3 heteroatoms. The van der Waals surface area contributed by atoms with Crippen molar-refractivity contribution in [1.29, 1.82) is 0 Å². The second-order valence-electron chi connectivity index (χ2n) is 5.78. The van der Waals surface area contributed by atoms with Gasteiger partial charge in [0.2, 0.25) is 0 Å². The molecule has 24 heavy (non-hydrogen) atoms. The molecule has 3 nitrogen and oxygen atoms in total. The first kappa shape index (κ1) is 17.5. The normalized spacial score (nSPS) is 12.6. The summed E-state index contributed by atoms with van der Waals surface area (Å²) in [5, 5.41) is 0. The predicted molar refractivity (Wildman–Crippen MR) is 97.3 cm³/mol. The van der Waals surface area contributed by atoms with Crippen LogP contribution in [0.4, 0.5) is 0 Å². The highest BCUT2D eigenvalue weighted by Gasteiger charge is 2.11. The summed E-state index contributed by atoms with van der Waals surface area (Å²) >= 11 is 0. The van der Waals surface area contributed by atoms with Crippen molar-refractivity contribution in [2.24, 2.45) is 5.92 Å². The van der Waals surface area contributed by atoms with Crippen LogP contribution < -0.4 is 0 Å². The number of carbonyl (C=O) groups is 2. The molecule has 0 N–H and O–H groups in total. The van der Waals surface area contributed by atoms with Crippen LogP contribution in [0.3, 0.4) is 0 Å². The van der Waals surface area contributed by atoms with Crippen molar-refractivity contribution in [1.82, 2.24) is 4.98 Å². The third kappa shape index (κ3) is 5.76. The number of rotatable bonds is 7. The van der Waals surface area contributed by atoms with Gasteiger partial charge in [-0.05, 0) is 54.8 Å². The summed E-state index contributed by atoms with van der Waals surface area (Å²) in [6.45, 7) is 3.44. The summed E-state index contributed by atoms with van der Waals surface area (Å²) in [5.74, 6) is -0.0223. The molecule has 0 aliphatic heterocycles. The van der Waals surface area contributed by atoms with Gasteiger partial charge in [0.15, 0.2) is 11.6 Å². The number of benzene rings is 1. The van der Waals surface area contributed by atoms with Crippen LogP contribution in [0.2, 0.25) is 0 Å². The van der Waals surface area contributed by atoms with E-state index in [1.54, 1.807) is 30.5 Å². The van der Waals surface area contributed by atoms with Gasteiger partial charge in [-0.1, -0.05) is 43.3 Å². The Labute approximate surface area is 142 Å². The van der Waals surface area contributed by atoms with Crippen LogP contribution in [-0.4, -0.2) is 16.6 Å². The number of aromatic nitrogens is 1. The molecule has 0 fully saturated rings. The lowest BCUT2D eigenvalue weighted by Crippen LogP contribution is -2.11. The zero-order valence-electron chi connectivity index (χ0n) is 14.0. The first-order valence-corrected chi connectivity index (χ1v) is 7.95. The fraction of sp³-hybridized carbons (Fsp3) is 0.190. The Hall–Kier alpha value is -2.81. The van der Waals surface area contributed by atoms with Crippen molar-refractivity contribution in [2.45, 2.75) is 20.3 Å². The Balaban J connectivity index is 2.00. The lowest BCUT2D eigenvalue weighted by atomic mass is 9.95. The molecule has 0 saturated carbocycles. The van der Waals surface area contributed by atoms with Gasteiger partial charge in [-0.25, -0.2) is 0 Å². The second kappa shape index (κ2) is 8.73. The number of pyridine rings is 1. The highest BCUT2D eigenvalue weighted by atomic mass is 16.1. The SMILES string of the molecule is CC(=O)/C=C/c1cccc(CC(C)C(=O)/C=C/c2ccccn2)c1. The third-order valence-electron chi connectivity index (χ3n) is 3.60. The largest absolute Gasteiger partial charge is 0.295 e. The Bertz CT molecular complexity index is 760. The summed E-state index contributed by atoms with van der Waals surface area (Å²) in [4.78, 5) is 27.4. The van der Waals surface area contributed by atoms with Gasteiger partial charge in [0.1, 0.15) is 0 Å². The van der Waals surface area contributed by atoms with Crippen LogP contribution in [-0.2, 0) is 16.0 Å². The standard InChI is InChI=1S/C21H21NO2/c1-16(21(24)12-11-20-8-3-4-13-22-20)14-19-7-5-6-18(15-19)10-9-17(2)23/h3-13,15-16H,14H2,1-2H3/b10-9+,12-11+. The van der Waals surface area contributed by atoms with E-state index in [0.717, 1.165) is 16.8 Å². The van der Waals surface area contributed by atoms with Crippen molar-refractivity contribution in [3.05, 3.63) is 77.6 Å². The molecule has 1 atom stereocenters. The minimum absolute atomic E-state index is 0.0172. The van der Waals surface area contributed by atoms with E-state index in [4.69, 9.17) is 0 Å². The molecule has 0 amide bonds. The minimum Gasteiger partial charge on any atom is -0.295 e. The smallest absolute Gasteiger partial charge is 0.158 e. The van der Waals surface area contributed by atoms with E-state index in [-0.39, 0.29) is 17.5 Å². The van der Waals surface area contributed by atoms with Crippen molar-refractivity contribution < 1.29 is 9.59 Å². The Morgan fingerprint density at radius 1 is 1.08 bits per heavy atom. The van der Waals surface area contributed by atoms with Crippen molar-refractivity contribution in [3.8, 4) is 0 Å². The zero-order valence-corrected chi connectivity index (χ0v) is 14.0. The molecular weight excluding hydrogens is 298 g/mol. The molecule has 0 aliphatic rings. The molecule has 0 bridgehead atoms. The minimum atomic E-state index is -0.114. The van der Waals surface area contributed by atoms with E-state index in [9.17, 15) is 9.59 Å². The van der Waals surface area contributed by atoms with Gasteiger partial charge in [-0.3, -0.25) is 14.6 Å². The second-order valence-corrected chi connectivity index (χ2v) is 5.78. The fourth-order valence-electron chi connectivity index (χ4n) is 2.30. The lowest BCUT2D eigenvalue weighted by molar-refractivity contribution is -0.117. The first-order chi connectivity index (χ1) is 11.5. The van der Waals surface area contributed by atoms with Gasteiger partial charge < -0.3 is 0 Å². The molecule has 0 saturated heterocycles. The average molecular weight is 319 g/mol. The molecular formula is C21H21NO2. The van der Waals surface area contributed by atoms with Crippen molar-refractivity contribution >= 4 is 23.7 Å². The number of hydrogen-bond donors (Lipinski definition) is 0. The van der Waals surface area contributed by atoms with E-state index in [1.807, 2.05) is 49.4 Å². The van der Waals surface area contributed by atoms with Gasteiger partial charge in [-0.2, -0.15) is 0 Å². The summed E-state index contributed by atoms with van der Waals surface area (Å²) < 4.78 is 0. The van der Waals surface area contributed by atoms with Gasteiger partial charge in [0.25, 0.3) is 0 Å². The van der Waals surface area contributed by atoms with E-state index in [2.05, 4.69) is 4.98 Å². The molecule has 1 unspecified atom stereocenters. The van der Waals surface area contributed by atoms with Crippen LogP contribution in [0, 0.1) is 5.92 Å².